The van der Waals surface area contributed by atoms with Crippen LogP contribution in [0.25, 0.3) is 0 Å². The number of carbonyl (C=O) groups is 1. The van der Waals surface area contributed by atoms with Gasteiger partial charge >= 0.3 is 0 Å². The summed E-state index contributed by atoms with van der Waals surface area (Å²) in [6.07, 6.45) is 1.87. The van der Waals surface area contributed by atoms with Crippen molar-refractivity contribution in [3.8, 4) is 0 Å². The van der Waals surface area contributed by atoms with E-state index in [0.717, 1.165) is 37.2 Å². The fraction of sp³-hybridized carbons (Fsp3) is 0.409. The summed E-state index contributed by atoms with van der Waals surface area (Å²) in [5.74, 6) is 0.00970. The molecule has 1 saturated heterocycles. The summed E-state index contributed by atoms with van der Waals surface area (Å²) < 4.78 is 5.58. The molecular weight excluding hydrogens is 310 g/mol. The molecule has 0 aliphatic carbocycles. The van der Waals surface area contributed by atoms with Gasteiger partial charge in [-0.3, -0.25) is 4.79 Å². The summed E-state index contributed by atoms with van der Waals surface area (Å²) in [5, 5.41) is 3.19. The normalized spacial score (nSPS) is 16.4. The number of hydrogen-bond donors (Lipinski definition) is 1. The van der Waals surface area contributed by atoms with Crippen molar-refractivity contribution in [1.82, 2.24) is 5.32 Å². The number of nitrogens with one attached hydrogen (secondary N) is 1. The van der Waals surface area contributed by atoms with Gasteiger partial charge in [-0.2, -0.15) is 0 Å². The van der Waals surface area contributed by atoms with E-state index in [2.05, 4.69) is 42.6 Å². The van der Waals surface area contributed by atoms with Crippen molar-refractivity contribution in [2.75, 3.05) is 19.8 Å². The molecule has 0 saturated carbocycles. The Hall–Kier alpha value is -2.13. The molecule has 1 amide bonds. The second kappa shape index (κ2) is 7.40. The van der Waals surface area contributed by atoms with Gasteiger partial charge in [-0.05, 0) is 50.8 Å². The van der Waals surface area contributed by atoms with Crippen molar-refractivity contribution in [2.45, 2.75) is 39.0 Å². The first kappa shape index (κ1) is 17.7. The quantitative estimate of drug-likeness (QED) is 0.912. The van der Waals surface area contributed by atoms with Crippen LogP contribution in [0.2, 0.25) is 0 Å². The number of aryl methyl sites for hydroxylation is 3. The average Bonchev–Trinajstić information content (AvgIpc) is 2.61. The van der Waals surface area contributed by atoms with E-state index in [1.54, 1.807) is 0 Å². The van der Waals surface area contributed by atoms with Crippen LogP contribution in [0.5, 0.6) is 0 Å². The summed E-state index contributed by atoms with van der Waals surface area (Å²) in [5.41, 5.74) is 5.47. The predicted molar refractivity (Wildman–Crippen MR) is 101 cm³/mol. The zero-order valence-corrected chi connectivity index (χ0v) is 15.4. The molecule has 25 heavy (non-hydrogen) atoms. The Balaban J connectivity index is 1.79. The maximum Gasteiger partial charge on any atom is 0.251 e. The molecule has 1 fully saturated rings. The largest absolute Gasteiger partial charge is 0.381 e. The van der Waals surface area contributed by atoms with Crippen molar-refractivity contribution < 1.29 is 9.53 Å². The number of rotatable bonds is 4. The van der Waals surface area contributed by atoms with E-state index in [9.17, 15) is 4.79 Å². The minimum absolute atomic E-state index is 0.00970. The van der Waals surface area contributed by atoms with E-state index < -0.39 is 0 Å². The van der Waals surface area contributed by atoms with Crippen LogP contribution >= 0.6 is 0 Å². The number of carbonyl (C=O) groups excluding carboxylic acids is 1. The molecule has 1 N–H and O–H groups in total. The van der Waals surface area contributed by atoms with Gasteiger partial charge in [0.2, 0.25) is 0 Å². The highest BCUT2D eigenvalue weighted by molar-refractivity contribution is 5.95. The maximum absolute atomic E-state index is 12.7. The van der Waals surface area contributed by atoms with Gasteiger partial charge in [-0.25, -0.2) is 0 Å². The molecule has 0 spiro atoms. The van der Waals surface area contributed by atoms with E-state index >= 15 is 0 Å². The van der Waals surface area contributed by atoms with Gasteiger partial charge in [0.15, 0.2) is 0 Å². The number of hydrogen-bond acceptors (Lipinski definition) is 2. The topological polar surface area (TPSA) is 38.3 Å². The van der Waals surface area contributed by atoms with Gasteiger partial charge in [-0.1, -0.05) is 47.5 Å². The fourth-order valence-electron chi connectivity index (χ4n) is 3.65. The van der Waals surface area contributed by atoms with Crippen LogP contribution in [0.15, 0.2) is 42.5 Å². The van der Waals surface area contributed by atoms with Gasteiger partial charge in [0, 0.05) is 30.7 Å². The summed E-state index contributed by atoms with van der Waals surface area (Å²) in [4.78, 5) is 12.7. The summed E-state index contributed by atoms with van der Waals surface area (Å²) in [6, 6.07) is 14.7. The van der Waals surface area contributed by atoms with Crippen molar-refractivity contribution in [3.63, 3.8) is 0 Å². The molecule has 3 rings (SSSR count). The smallest absolute Gasteiger partial charge is 0.251 e. The second-order valence-corrected chi connectivity index (χ2v) is 7.26. The number of amides is 1. The Morgan fingerprint density at radius 3 is 2.28 bits per heavy atom. The van der Waals surface area contributed by atoms with Crippen LogP contribution < -0.4 is 5.32 Å². The maximum atomic E-state index is 12.7. The summed E-state index contributed by atoms with van der Waals surface area (Å²) in [7, 11) is 0. The van der Waals surface area contributed by atoms with Crippen LogP contribution in [-0.4, -0.2) is 25.7 Å². The number of ether oxygens (including phenoxy) is 1. The van der Waals surface area contributed by atoms with Gasteiger partial charge < -0.3 is 10.1 Å². The highest BCUT2D eigenvalue weighted by atomic mass is 16.5. The molecular formula is C22H27NO2. The summed E-state index contributed by atoms with van der Waals surface area (Å²) >= 11 is 0. The molecule has 3 heteroatoms. The Bertz CT molecular complexity index is 743. The molecule has 0 bridgehead atoms. The van der Waals surface area contributed by atoms with Crippen LogP contribution in [0.3, 0.4) is 0 Å². The van der Waals surface area contributed by atoms with E-state index in [1.807, 2.05) is 26.0 Å². The van der Waals surface area contributed by atoms with E-state index in [0.29, 0.717) is 6.54 Å². The van der Waals surface area contributed by atoms with E-state index in [4.69, 9.17) is 4.74 Å². The van der Waals surface area contributed by atoms with Crippen LogP contribution in [0, 0.1) is 20.8 Å². The number of benzene rings is 2. The first-order valence-electron chi connectivity index (χ1n) is 9.01. The first-order valence-corrected chi connectivity index (χ1v) is 9.01. The molecule has 0 aromatic heterocycles. The van der Waals surface area contributed by atoms with Crippen molar-refractivity contribution in [2.24, 2.45) is 0 Å². The lowest BCUT2D eigenvalue weighted by Gasteiger charge is -2.38. The van der Waals surface area contributed by atoms with E-state index in [-0.39, 0.29) is 11.3 Å². The molecule has 1 aliphatic rings. The minimum Gasteiger partial charge on any atom is -0.381 e. The highest BCUT2D eigenvalue weighted by Crippen LogP contribution is 2.34. The molecule has 0 atom stereocenters. The molecule has 0 radical (unpaired) electrons. The third-order valence-corrected chi connectivity index (χ3v) is 5.33. The first-order chi connectivity index (χ1) is 12.0. The molecule has 2 aromatic carbocycles. The van der Waals surface area contributed by atoms with Gasteiger partial charge in [0.05, 0.1) is 0 Å². The molecule has 2 aromatic rings. The monoisotopic (exact) mass is 337 g/mol. The Morgan fingerprint density at radius 2 is 1.64 bits per heavy atom. The van der Waals surface area contributed by atoms with Gasteiger partial charge in [0.1, 0.15) is 0 Å². The third kappa shape index (κ3) is 3.93. The fourth-order valence-corrected chi connectivity index (χ4v) is 3.65. The third-order valence-electron chi connectivity index (χ3n) is 5.33. The van der Waals surface area contributed by atoms with Crippen molar-refractivity contribution >= 4 is 5.91 Å². The van der Waals surface area contributed by atoms with Gasteiger partial charge in [-0.15, -0.1) is 0 Å². The predicted octanol–water partition coefficient (Wildman–Crippen LogP) is 4.09. The lowest BCUT2D eigenvalue weighted by atomic mass is 9.74. The summed E-state index contributed by atoms with van der Waals surface area (Å²) in [6.45, 7) is 8.27. The SMILES string of the molecule is Cc1ccc(C2(CNC(=O)c3ccc(C)cc3C)CCOCC2)cc1. The molecule has 1 aliphatic heterocycles. The molecule has 3 nitrogen and oxygen atoms in total. The van der Waals surface area contributed by atoms with E-state index in [1.165, 1.54) is 16.7 Å². The zero-order valence-electron chi connectivity index (χ0n) is 15.4. The Labute approximate surface area is 150 Å². The van der Waals surface area contributed by atoms with Crippen LogP contribution in [0.4, 0.5) is 0 Å². The highest BCUT2D eigenvalue weighted by Gasteiger charge is 2.34. The minimum atomic E-state index is -0.0415. The molecule has 1 heterocycles. The van der Waals surface area contributed by atoms with Crippen molar-refractivity contribution in [1.29, 1.82) is 0 Å². The van der Waals surface area contributed by atoms with Crippen LogP contribution in [0.1, 0.15) is 45.5 Å². The Morgan fingerprint density at radius 1 is 1.00 bits per heavy atom. The average molecular weight is 337 g/mol. The lowest BCUT2D eigenvalue weighted by molar-refractivity contribution is 0.0487. The standard InChI is InChI=1S/C22H27NO2/c1-16-4-7-19(8-5-16)22(10-12-25-13-11-22)15-23-21(24)20-9-6-17(2)14-18(20)3/h4-9,14H,10-13,15H2,1-3H3,(H,23,24). The second-order valence-electron chi connectivity index (χ2n) is 7.26. The zero-order chi connectivity index (χ0) is 17.9. The lowest BCUT2D eigenvalue weighted by Crippen LogP contribution is -2.44. The van der Waals surface area contributed by atoms with Gasteiger partial charge in [0.25, 0.3) is 5.91 Å². The van der Waals surface area contributed by atoms with Crippen LogP contribution in [-0.2, 0) is 10.2 Å². The molecule has 0 unspecified atom stereocenters. The Kier molecular flexibility index (Phi) is 5.24. The molecule has 132 valence electrons. The van der Waals surface area contributed by atoms with Crippen molar-refractivity contribution in [3.05, 3.63) is 70.3 Å².